The SMILES string of the molecule is COc1cc(N)c(N2C(=O)c3ccccc3C2N(C)C)cc1OC1CCCC1. The molecule has 0 radical (unpaired) electrons. The van der Waals surface area contributed by atoms with Gasteiger partial charge in [-0.25, -0.2) is 0 Å². The molecule has 0 saturated heterocycles. The Hall–Kier alpha value is -2.73. The Morgan fingerprint density at radius 3 is 2.50 bits per heavy atom. The largest absolute Gasteiger partial charge is 0.493 e. The fourth-order valence-electron chi connectivity index (χ4n) is 4.26. The van der Waals surface area contributed by atoms with Crippen molar-refractivity contribution >= 4 is 17.3 Å². The normalized spacial score (nSPS) is 19.4. The number of nitrogen functional groups attached to an aromatic ring is 1. The number of amides is 1. The molecule has 148 valence electrons. The Labute approximate surface area is 165 Å². The summed E-state index contributed by atoms with van der Waals surface area (Å²) >= 11 is 0. The van der Waals surface area contributed by atoms with Crippen molar-refractivity contribution in [3.05, 3.63) is 47.5 Å². The lowest BCUT2D eigenvalue weighted by Gasteiger charge is -2.32. The molecule has 0 aromatic heterocycles. The summed E-state index contributed by atoms with van der Waals surface area (Å²) in [5, 5.41) is 0. The average molecular weight is 381 g/mol. The number of carbonyl (C=O) groups is 1. The molecule has 1 amide bonds. The number of ether oxygens (including phenoxy) is 2. The third kappa shape index (κ3) is 3.07. The van der Waals surface area contributed by atoms with Crippen LogP contribution in [0.3, 0.4) is 0 Å². The summed E-state index contributed by atoms with van der Waals surface area (Å²) in [7, 11) is 5.53. The zero-order chi connectivity index (χ0) is 19.8. The van der Waals surface area contributed by atoms with E-state index in [0.29, 0.717) is 28.4 Å². The molecule has 1 saturated carbocycles. The molecule has 2 aliphatic rings. The van der Waals surface area contributed by atoms with E-state index in [1.807, 2.05) is 49.3 Å². The molecule has 1 atom stereocenters. The highest BCUT2D eigenvalue weighted by atomic mass is 16.5. The molecule has 1 aliphatic carbocycles. The second-order valence-corrected chi connectivity index (χ2v) is 7.69. The Bertz CT molecular complexity index is 891. The van der Waals surface area contributed by atoms with E-state index in [0.717, 1.165) is 18.4 Å². The van der Waals surface area contributed by atoms with Crippen molar-refractivity contribution in [2.45, 2.75) is 38.0 Å². The van der Waals surface area contributed by atoms with Crippen LogP contribution in [-0.4, -0.2) is 38.1 Å². The third-order valence-electron chi connectivity index (χ3n) is 5.59. The molecule has 1 heterocycles. The lowest BCUT2D eigenvalue weighted by Crippen LogP contribution is -2.36. The molecule has 1 unspecified atom stereocenters. The van der Waals surface area contributed by atoms with Crippen molar-refractivity contribution in [2.24, 2.45) is 0 Å². The number of carbonyl (C=O) groups excluding carboxylic acids is 1. The second kappa shape index (κ2) is 7.36. The minimum Gasteiger partial charge on any atom is -0.493 e. The van der Waals surface area contributed by atoms with Gasteiger partial charge >= 0.3 is 0 Å². The first-order valence-electron chi connectivity index (χ1n) is 9.74. The first-order valence-corrected chi connectivity index (χ1v) is 9.74. The van der Waals surface area contributed by atoms with Crippen LogP contribution in [0.25, 0.3) is 0 Å². The van der Waals surface area contributed by atoms with Crippen molar-refractivity contribution in [3.63, 3.8) is 0 Å². The van der Waals surface area contributed by atoms with Crippen LogP contribution in [0.1, 0.15) is 47.8 Å². The maximum absolute atomic E-state index is 13.2. The van der Waals surface area contributed by atoms with Gasteiger partial charge in [0, 0.05) is 23.3 Å². The van der Waals surface area contributed by atoms with Gasteiger partial charge in [0.15, 0.2) is 11.5 Å². The van der Waals surface area contributed by atoms with Crippen LogP contribution in [0.5, 0.6) is 11.5 Å². The minimum atomic E-state index is -0.223. The van der Waals surface area contributed by atoms with E-state index in [9.17, 15) is 4.79 Å². The van der Waals surface area contributed by atoms with Crippen molar-refractivity contribution in [1.29, 1.82) is 0 Å². The van der Waals surface area contributed by atoms with Gasteiger partial charge in [-0.05, 0) is 45.8 Å². The standard InChI is InChI=1S/C22H27N3O3/c1-24(2)21-15-10-6-7-11-16(15)22(26)25(21)18-13-20(19(27-3)12-17(18)23)28-14-8-4-5-9-14/h6-7,10-14,21H,4-5,8-9,23H2,1-3H3. The number of rotatable bonds is 5. The minimum absolute atomic E-state index is 0.0574. The molecule has 1 fully saturated rings. The predicted octanol–water partition coefficient (Wildman–Crippen LogP) is 3.82. The summed E-state index contributed by atoms with van der Waals surface area (Å²) in [5.41, 5.74) is 9.18. The van der Waals surface area contributed by atoms with E-state index in [2.05, 4.69) is 0 Å². The second-order valence-electron chi connectivity index (χ2n) is 7.69. The summed E-state index contributed by atoms with van der Waals surface area (Å²) in [5.74, 6) is 1.18. The van der Waals surface area contributed by atoms with Crippen molar-refractivity contribution < 1.29 is 14.3 Å². The molecule has 4 rings (SSSR count). The van der Waals surface area contributed by atoms with Crippen molar-refractivity contribution in [3.8, 4) is 11.5 Å². The number of fused-ring (bicyclic) bond motifs is 1. The van der Waals surface area contributed by atoms with Gasteiger partial charge in [0.05, 0.1) is 24.6 Å². The lowest BCUT2D eigenvalue weighted by atomic mass is 10.1. The topological polar surface area (TPSA) is 68.0 Å². The molecular weight excluding hydrogens is 354 g/mol. The summed E-state index contributed by atoms with van der Waals surface area (Å²) in [6.45, 7) is 0. The van der Waals surface area contributed by atoms with E-state index in [1.54, 1.807) is 18.1 Å². The van der Waals surface area contributed by atoms with E-state index in [-0.39, 0.29) is 18.2 Å². The first kappa shape index (κ1) is 18.6. The quantitative estimate of drug-likeness (QED) is 0.798. The molecule has 2 aromatic carbocycles. The Morgan fingerprint density at radius 1 is 1.11 bits per heavy atom. The molecule has 0 spiro atoms. The highest BCUT2D eigenvalue weighted by Gasteiger charge is 2.40. The van der Waals surface area contributed by atoms with Gasteiger partial charge in [-0.3, -0.25) is 14.6 Å². The monoisotopic (exact) mass is 381 g/mol. The zero-order valence-corrected chi connectivity index (χ0v) is 16.6. The van der Waals surface area contributed by atoms with Crippen LogP contribution >= 0.6 is 0 Å². The molecule has 2 aromatic rings. The predicted molar refractivity (Wildman–Crippen MR) is 110 cm³/mol. The average Bonchev–Trinajstić information content (AvgIpc) is 3.29. The summed E-state index contributed by atoms with van der Waals surface area (Å²) in [6.07, 6.45) is 4.39. The molecule has 28 heavy (non-hydrogen) atoms. The molecule has 6 heteroatoms. The number of methoxy groups -OCH3 is 1. The first-order chi connectivity index (χ1) is 13.5. The van der Waals surface area contributed by atoms with Crippen molar-refractivity contribution in [1.82, 2.24) is 4.90 Å². The fraction of sp³-hybridized carbons (Fsp3) is 0.409. The number of hydrogen-bond donors (Lipinski definition) is 1. The summed E-state index contributed by atoms with van der Waals surface area (Å²) < 4.78 is 11.7. The van der Waals surface area contributed by atoms with Gasteiger partial charge < -0.3 is 15.2 Å². The van der Waals surface area contributed by atoms with Gasteiger partial charge in [0.1, 0.15) is 6.17 Å². The van der Waals surface area contributed by atoms with Gasteiger partial charge in [0.25, 0.3) is 5.91 Å². The van der Waals surface area contributed by atoms with E-state index in [4.69, 9.17) is 15.2 Å². The molecule has 1 aliphatic heterocycles. The number of anilines is 2. The van der Waals surface area contributed by atoms with Crippen molar-refractivity contribution in [2.75, 3.05) is 31.8 Å². The summed E-state index contributed by atoms with van der Waals surface area (Å²) in [6, 6.07) is 11.3. The van der Waals surface area contributed by atoms with E-state index < -0.39 is 0 Å². The Kier molecular flexibility index (Phi) is 4.89. The van der Waals surface area contributed by atoms with Crippen LogP contribution in [0.2, 0.25) is 0 Å². The van der Waals surface area contributed by atoms with Crippen LogP contribution in [0.15, 0.2) is 36.4 Å². The van der Waals surface area contributed by atoms with Crippen LogP contribution < -0.4 is 20.1 Å². The number of nitrogens with zero attached hydrogens (tertiary/aromatic N) is 2. The van der Waals surface area contributed by atoms with E-state index in [1.165, 1.54) is 12.8 Å². The van der Waals surface area contributed by atoms with E-state index >= 15 is 0 Å². The highest BCUT2D eigenvalue weighted by Crippen LogP contribution is 2.45. The van der Waals surface area contributed by atoms with Gasteiger partial charge in [0.2, 0.25) is 0 Å². The zero-order valence-electron chi connectivity index (χ0n) is 16.6. The maximum Gasteiger partial charge on any atom is 0.260 e. The molecular formula is C22H27N3O3. The summed E-state index contributed by atoms with van der Waals surface area (Å²) in [4.78, 5) is 17.0. The van der Waals surface area contributed by atoms with Gasteiger partial charge in [-0.2, -0.15) is 0 Å². The highest BCUT2D eigenvalue weighted by molar-refractivity contribution is 6.12. The number of nitrogens with two attached hydrogens (primary N) is 1. The number of hydrogen-bond acceptors (Lipinski definition) is 5. The molecule has 0 bridgehead atoms. The smallest absolute Gasteiger partial charge is 0.260 e. The van der Waals surface area contributed by atoms with Gasteiger partial charge in [-0.1, -0.05) is 18.2 Å². The maximum atomic E-state index is 13.2. The third-order valence-corrected chi connectivity index (χ3v) is 5.59. The molecule has 6 nitrogen and oxygen atoms in total. The van der Waals surface area contributed by atoms with Crippen LogP contribution in [0.4, 0.5) is 11.4 Å². The fourth-order valence-corrected chi connectivity index (χ4v) is 4.26. The van der Waals surface area contributed by atoms with Gasteiger partial charge in [-0.15, -0.1) is 0 Å². The number of benzene rings is 2. The van der Waals surface area contributed by atoms with Crippen LogP contribution in [-0.2, 0) is 0 Å². The molecule has 2 N–H and O–H groups in total. The Balaban J connectivity index is 1.78. The Morgan fingerprint density at radius 2 is 1.82 bits per heavy atom. The lowest BCUT2D eigenvalue weighted by molar-refractivity contribution is 0.0973. The van der Waals surface area contributed by atoms with Crippen LogP contribution in [0, 0.1) is 0 Å².